The maximum absolute atomic E-state index is 10.4. The first-order valence-corrected chi connectivity index (χ1v) is 4.02. The van der Waals surface area contributed by atoms with Gasteiger partial charge in [-0.05, 0) is 17.7 Å². The lowest BCUT2D eigenvalue weighted by atomic mass is 10.2. The predicted molar refractivity (Wildman–Crippen MR) is 51.8 cm³/mol. The van der Waals surface area contributed by atoms with Gasteiger partial charge in [-0.15, -0.1) is 0 Å². The molecule has 1 aromatic rings. The van der Waals surface area contributed by atoms with Crippen LogP contribution in [0.3, 0.4) is 0 Å². The Morgan fingerprint density at radius 1 is 1.31 bits per heavy atom. The van der Waals surface area contributed by atoms with E-state index < -0.39 is 0 Å². The van der Waals surface area contributed by atoms with Gasteiger partial charge in [-0.25, -0.2) is 0 Å². The average molecular weight is 179 g/mol. The highest BCUT2D eigenvalue weighted by Crippen LogP contribution is 2.04. The second kappa shape index (κ2) is 4.47. The first-order valence-electron chi connectivity index (χ1n) is 4.02. The third kappa shape index (κ3) is 3.57. The van der Waals surface area contributed by atoms with Crippen LogP contribution in [0.4, 0.5) is 5.69 Å². The van der Waals surface area contributed by atoms with Crippen molar-refractivity contribution in [3.63, 3.8) is 0 Å². The number of nitrogens with two attached hydrogens (primary N) is 2. The van der Waals surface area contributed by atoms with Gasteiger partial charge in [-0.2, -0.15) is 0 Å². The molecule has 1 aromatic carbocycles. The number of hydrogen-bond donors (Lipinski definition) is 3. The molecule has 70 valence electrons. The van der Waals surface area contributed by atoms with Gasteiger partial charge in [0.15, 0.2) is 0 Å². The fourth-order valence-corrected chi connectivity index (χ4v) is 0.966. The molecule has 13 heavy (non-hydrogen) atoms. The van der Waals surface area contributed by atoms with Crippen molar-refractivity contribution in [1.29, 1.82) is 0 Å². The molecule has 1 rings (SSSR count). The molecule has 0 saturated heterocycles. The van der Waals surface area contributed by atoms with Crippen molar-refractivity contribution < 1.29 is 4.79 Å². The SMILES string of the molecule is NC(=O)CNCc1ccc(N)cc1. The van der Waals surface area contributed by atoms with E-state index in [9.17, 15) is 4.79 Å². The van der Waals surface area contributed by atoms with Crippen LogP contribution in [0, 0.1) is 0 Å². The standard InChI is InChI=1S/C9H13N3O/c10-8-3-1-7(2-4-8)5-12-6-9(11)13/h1-4,12H,5-6,10H2,(H2,11,13). The Hall–Kier alpha value is -1.55. The van der Waals surface area contributed by atoms with Crippen LogP contribution >= 0.6 is 0 Å². The Labute approximate surface area is 76.9 Å². The largest absolute Gasteiger partial charge is 0.399 e. The van der Waals surface area contributed by atoms with Crippen LogP contribution in [-0.4, -0.2) is 12.5 Å². The quantitative estimate of drug-likeness (QED) is 0.562. The fourth-order valence-electron chi connectivity index (χ4n) is 0.966. The second-order valence-electron chi connectivity index (χ2n) is 2.81. The molecule has 0 radical (unpaired) electrons. The normalized spacial score (nSPS) is 9.85. The Morgan fingerprint density at radius 3 is 2.46 bits per heavy atom. The number of primary amides is 1. The maximum atomic E-state index is 10.4. The highest BCUT2D eigenvalue weighted by molar-refractivity contribution is 5.75. The maximum Gasteiger partial charge on any atom is 0.231 e. The summed E-state index contributed by atoms with van der Waals surface area (Å²) in [6.45, 7) is 0.827. The average Bonchev–Trinajstić information content (AvgIpc) is 2.08. The van der Waals surface area contributed by atoms with E-state index in [1.54, 1.807) is 0 Å². The minimum absolute atomic E-state index is 0.199. The summed E-state index contributed by atoms with van der Waals surface area (Å²) in [5.74, 6) is -0.351. The molecule has 0 fully saturated rings. The second-order valence-corrected chi connectivity index (χ2v) is 2.81. The van der Waals surface area contributed by atoms with Crippen molar-refractivity contribution in [2.24, 2.45) is 5.73 Å². The van der Waals surface area contributed by atoms with Gasteiger partial charge in [0.25, 0.3) is 0 Å². The number of amides is 1. The molecule has 5 N–H and O–H groups in total. The molecular weight excluding hydrogens is 166 g/mol. The van der Waals surface area contributed by atoms with Crippen molar-refractivity contribution in [3.8, 4) is 0 Å². The van der Waals surface area contributed by atoms with E-state index in [1.807, 2.05) is 24.3 Å². The summed E-state index contributed by atoms with van der Waals surface area (Å²) in [5, 5.41) is 2.91. The van der Waals surface area contributed by atoms with Crippen LogP contribution in [0.2, 0.25) is 0 Å². The third-order valence-electron chi connectivity index (χ3n) is 1.61. The topological polar surface area (TPSA) is 81.1 Å². The first kappa shape index (κ1) is 9.54. The van der Waals surface area contributed by atoms with Gasteiger partial charge in [-0.3, -0.25) is 4.79 Å². The summed E-state index contributed by atoms with van der Waals surface area (Å²) in [4.78, 5) is 10.4. The van der Waals surface area contributed by atoms with E-state index in [4.69, 9.17) is 11.5 Å². The van der Waals surface area contributed by atoms with Gasteiger partial charge in [0.1, 0.15) is 0 Å². The van der Waals surface area contributed by atoms with E-state index in [-0.39, 0.29) is 12.5 Å². The van der Waals surface area contributed by atoms with Gasteiger partial charge in [0.2, 0.25) is 5.91 Å². The Morgan fingerprint density at radius 2 is 1.92 bits per heavy atom. The number of hydrogen-bond acceptors (Lipinski definition) is 3. The summed E-state index contributed by atoms with van der Waals surface area (Å²) in [6.07, 6.45) is 0. The van der Waals surface area contributed by atoms with E-state index in [2.05, 4.69) is 5.32 Å². The molecule has 0 aliphatic heterocycles. The number of anilines is 1. The summed E-state index contributed by atoms with van der Waals surface area (Å²) in [5.41, 5.74) is 12.3. The van der Waals surface area contributed by atoms with Crippen LogP contribution in [-0.2, 0) is 11.3 Å². The van der Waals surface area contributed by atoms with Gasteiger partial charge in [0, 0.05) is 12.2 Å². The molecule has 0 unspecified atom stereocenters. The van der Waals surface area contributed by atoms with Crippen LogP contribution in [0.5, 0.6) is 0 Å². The van der Waals surface area contributed by atoms with Gasteiger partial charge in [0.05, 0.1) is 6.54 Å². The van der Waals surface area contributed by atoms with Crippen molar-refractivity contribution in [2.45, 2.75) is 6.54 Å². The summed E-state index contributed by atoms with van der Waals surface area (Å²) in [6, 6.07) is 7.45. The van der Waals surface area contributed by atoms with Crippen LogP contribution in [0.1, 0.15) is 5.56 Å². The van der Waals surface area contributed by atoms with Crippen LogP contribution < -0.4 is 16.8 Å². The zero-order valence-corrected chi connectivity index (χ0v) is 7.29. The highest BCUT2D eigenvalue weighted by atomic mass is 16.1. The Bertz CT molecular complexity index is 281. The van der Waals surface area contributed by atoms with Crippen molar-refractivity contribution in [1.82, 2.24) is 5.32 Å². The molecular formula is C9H13N3O. The zero-order chi connectivity index (χ0) is 9.68. The van der Waals surface area contributed by atoms with E-state index in [0.717, 1.165) is 11.3 Å². The minimum Gasteiger partial charge on any atom is -0.399 e. The number of nitrogen functional groups attached to an aromatic ring is 1. The molecule has 0 aliphatic carbocycles. The molecule has 0 spiro atoms. The molecule has 0 aliphatic rings. The number of carbonyl (C=O) groups excluding carboxylic acids is 1. The molecule has 4 heteroatoms. The van der Waals surface area contributed by atoms with Gasteiger partial charge in [-0.1, -0.05) is 12.1 Å². The minimum atomic E-state index is -0.351. The lowest BCUT2D eigenvalue weighted by molar-refractivity contribution is -0.117. The summed E-state index contributed by atoms with van der Waals surface area (Å²) in [7, 11) is 0. The van der Waals surface area contributed by atoms with Crippen molar-refractivity contribution in [2.75, 3.05) is 12.3 Å². The summed E-state index contributed by atoms with van der Waals surface area (Å²) < 4.78 is 0. The van der Waals surface area contributed by atoms with E-state index in [0.29, 0.717) is 6.54 Å². The number of rotatable bonds is 4. The Balaban J connectivity index is 2.37. The van der Waals surface area contributed by atoms with E-state index >= 15 is 0 Å². The van der Waals surface area contributed by atoms with Crippen LogP contribution in [0.15, 0.2) is 24.3 Å². The van der Waals surface area contributed by atoms with Gasteiger partial charge < -0.3 is 16.8 Å². The molecule has 0 heterocycles. The monoisotopic (exact) mass is 179 g/mol. The third-order valence-corrected chi connectivity index (χ3v) is 1.61. The van der Waals surface area contributed by atoms with Crippen molar-refractivity contribution >= 4 is 11.6 Å². The van der Waals surface area contributed by atoms with Crippen LogP contribution in [0.25, 0.3) is 0 Å². The zero-order valence-electron chi connectivity index (χ0n) is 7.29. The first-order chi connectivity index (χ1) is 6.18. The summed E-state index contributed by atoms with van der Waals surface area (Å²) >= 11 is 0. The molecule has 0 aromatic heterocycles. The fraction of sp³-hybridized carbons (Fsp3) is 0.222. The lowest BCUT2D eigenvalue weighted by Crippen LogP contribution is -2.28. The van der Waals surface area contributed by atoms with E-state index in [1.165, 1.54) is 0 Å². The molecule has 0 saturated carbocycles. The molecule has 0 atom stereocenters. The van der Waals surface area contributed by atoms with Crippen molar-refractivity contribution in [3.05, 3.63) is 29.8 Å². The Kier molecular flexibility index (Phi) is 3.28. The highest BCUT2D eigenvalue weighted by Gasteiger charge is 1.94. The molecule has 4 nitrogen and oxygen atoms in total. The number of carbonyl (C=O) groups is 1. The lowest BCUT2D eigenvalue weighted by Gasteiger charge is -2.02. The van der Waals surface area contributed by atoms with Gasteiger partial charge >= 0.3 is 0 Å². The smallest absolute Gasteiger partial charge is 0.231 e. The predicted octanol–water partition coefficient (Wildman–Crippen LogP) is -0.156. The molecule has 1 amide bonds. The number of benzene rings is 1. The number of nitrogens with one attached hydrogen (secondary N) is 1. The molecule has 0 bridgehead atoms.